The van der Waals surface area contributed by atoms with E-state index < -0.39 is 5.97 Å². The molecule has 6 rings (SSSR count). The second-order valence-electron chi connectivity index (χ2n) is 9.97. The summed E-state index contributed by atoms with van der Waals surface area (Å²) >= 11 is 0. The van der Waals surface area contributed by atoms with Gasteiger partial charge in [0.2, 0.25) is 0 Å². The molecule has 0 saturated heterocycles. The van der Waals surface area contributed by atoms with Gasteiger partial charge in [-0.05, 0) is 94.3 Å². The molecule has 0 saturated carbocycles. The third kappa shape index (κ3) is 3.70. The monoisotopic (exact) mass is 502 g/mol. The number of hydrogen-bond acceptors (Lipinski definition) is 5. The molecule has 0 aliphatic heterocycles. The summed E-state index contributed by atoms with van der Waals surface area (Å²) in [6.45, 7) is 3.63. The van der Waals surface area contributed by atoms with Crippen molar-refractivity contribution in [1.82, 2.24) is 0 Å². The Kier molecular flexibility index (Phi) is 5.64. The van der Waals surface area contributed by atoms with Crippen molar-refractivity contribution in [3.63, 3.8) is 0 Å². The molecule has 0 amide bonds. The van der Waals surface area contributed by atoms with Crippen LogP contribution in [0.3, 0.4) is 0 Å². The van der Waals surface area contributed by atoms with Crippen molar-refractivity contribution in [1.29, 1.82) is 0 Å². The van der Waals surface area contributed by atoms with Crippen LogP contribution in [0.1, 0.15) is 60.9 Å². The van der Waals surface area contributed by atoms with Crippen molar-refractivity contribution in [2.24, 2.45) is 0 Å². The molecular formula is C33H26O5. The first-order chi connectivity index (χ1) is 18.4. The van der Waals surface area contributed by atoms with Gasteiger partial charge in [-0.1, -0.05) is 54.6 Å². The van der Waals surface area contributed by atoms with Crippen molar-refractivity contribution in [3.8, 4) is 17.2 Å². The highest BCUT2D eigenvalue weighted by Gasteiger charge is 2.32. The molecule has 1 aliphatic carbocycles. The molecule has 188 valence electrons. The lowest BCUT2D eigenvalue weighted by atomic mass is 9.87. The summed E-state index contributed by atoms with van der Waals surface area (Å²) in [6, 6.07) is 23.6. The van der Waals surface area contributed by atoms with Gasteiger partial charge in [-0.25, -0.2) is 4.79 Å². The first-order valence-electron chi connectivity index (χ1n) is 12.6. The van der Waals surface area contributed by atoms with Crippen LogP contribution in [-0.4, -0.2) is 22.5 Å². The predicted octanol–water partition coefficient (Wildman–Crippen LogP) is 7.13. The molecule has 5 aromatic carbocycles. The highest BCUT2D eigenvalue weighted by atomic mass is 16.5. The molecule has 1 atom stereocenters. The SMILES string of the molecule is Cc1cc([C@H]2CCc3c(C=O)c(O)c(O)c(C)c32)ccc1C(=O)Oc1ccc2ccc3ccccc3c2c1. The number of esters is 1. The smallest absolute Gasteiger partial charge is 0.343 e. The summed E-state index contributed by atoms with van der Waals surface area (Å²) in [4.78, 5) is 24.8. The number of fused-ring (bicyclic) bond motifs is 4. The van der Waals surface area contributed by atoms with E-state index in [1.165, 1.54) is 0 Å². The number of aryl methyl sites for hydroxylation is 1. The molecule has 5 heteroatoms. The van der Waals surface area contributed by atoms with Crippen LogP contribution in [0.15, 0.2) is 72.8 Å². The van der Waals surface area contributed by atoms with Crippen LogP contribution in [0.25, 0.3) is 21.5 Å². The second-order valence-corrected chi connectivity index (χ2v) is 9.97. The van der Waals surface area contributed by atoms with Gasteiger partial charge < -0.3 is 14.9 Å². The van der Waals surface area contributed by atoms with Gasteiger partial charge in [-0.3, -0.25) is 4.79 Å². The van der Waals surface area contributed by atoms with E-state index in [9.17, 15) is 19.8 Å². The number of hydrogen-bond donors (Lipinski definition) is 2. The Balaban J connectivity index is 1.31. The number of aromatic hydroxyl groups is 2. The van der Waals surface area contributed by atoms with Crippen molar-refractivity contribution in [2.75, 3.05) is 0 Å². The van der Waals surface area contributed by atoms with Gasteiger partial charge in [0.25, 0.3) is 0 Å². The zero-order valence-corrected chi connectivity index (χ0v) is 21.1. The fraction of sp³-hybridized carbons (Fsp3) is 0.152. The van der Waals surface area contributed by atoms with Crippen LogP contribution < -0.4 is 4.74 Å². The van der Waals surface area contributed by atoms with Crippen LogP contribution in [0, 0.1) is 13.8 Å². The lowest BCUT2D eigenvalue weighted by Gasteiger charge is -2.19. The van der Waals surface area contributed by atoms with Gasteiger partial charge in [0, 0.05) is 5.92 Å². The molecule has 0 spiro atoms. The van der Waals surface area contributed by atoms with E-state index in [0.717, 1.165) is 50.2 Å². The topological polar surface area (TPSA) is 83.8 Å². The van der Waals surface area contributed by atoms with Gasteiger partial charge in [-0.2, -0.15) is 0 Å². The fourth-order valence-electron chi connectivity index (χ4n) is 5.92. The molecule has 5 nitrogen and oxygen atoms in total. The Morgan fingerprint density at radius 2 is 1.63 bits per heavy atom. The maximum atomic E-state index is 13.2. The molecule has 0 fully saturated rings. The average Bonchev–Trinajstić information content (AvgIpc) is 3.37. The number of ether oxygens (including phenoxy) is 1. The Labute approximate surface area is 219 Å². The maximum absolute atomic E-state index is 13.2. The summed E-state index contributed by atoms with van der Waals surface area (Å²) in [6.07, 6.45) is 1.98. The third-order valence-corrected chi connectivity index (χ3v) is 7.84. The van der Waals surface area contributed by atoms with E-state index in [4.69, 9.17) is 4.74 Å². The Morgan fingerprint density at radius 3 is 2.39 bits per heavy atom. The van der Waals surface area contributed by atoms with Gasteiger partial charge >= 0.3 is 5.97 Å². The fourth-order valence-corrected chi connectivity index (χ4v) is 5.92. The number of benzene rings is 5. The minimum absolute atomic E-state index is 0.0484. The minimum atomic E-state index is -0.428. The summed E-state index contributed by atoms with van der Waals surface area (Å²) in [5.74, 6) is -0.597. The summed E-state index contributed by atoms with van der Waals surface area (Å²) in [7, 11) is 0. The van der Waals surface area contributed by atoms with Crippen LogP contribution in [0.5, 0.6) is 17.2 Å². The molecule has 0 heterocycles. The molecule has 0 aromatic heterocycles. The quantitative estimate of drug-likeness (QED) is 0.0898. The highest BCUT2D eigenvalue weighted by Crippen LogP contribution is 2.48. The van der Waals surface area contributed by atoms with Crippen molar-refractivity contribution in [3.05, 3.63) is 112 Å². The molecule has 38 heavy (non-hydrogen) atoms. The molecule has 0 radical (unpaired) electrons. The van der Waals surface area contributed by atoms with E-state index in [1.54, 1.807) is 13.0 Å². The second kappa shape index (κ2) is 9.03. The summed E-state index contributed by atoms with van der Waals surface area (Å²) in [5, 5.41) is 25.0. The van der Waals surface area contributed by atoms with E-state index in [0.29, 0.717) is 29.6 Å². The Morgan fingerprint density at radius 1 is 0.895 bits per heavy atom. The number of carbonyl (C=O) groups is 2. The van der Waals surface area contributed by atoms with Crippen LogP contribution in [0.2, 0.25) is 0 Å². The number of carbonyl (C=O) groups excluding carboxylic acids is 2. The van der Waals surface area contributed by atoms with E-state index in [1.807, 2.05) is 49.4 Å². The Hall–Kier alpha value is -4.64. The summed E-state index contributed by atoms with van der Waals surface area (Å²) < 4.78 is 5.80. The maximum Gasteiger partial charge on any atom is 0.343 e. The standard InChI is InChI=1S/C33H26O5/c1-18-15-22(26-13-14-27-29(17-34)32(36)31(35)19(2)30(26)27)10-12-24(18)33(37)38-23-11-9-21-8-7-20-5-3-4-6-25(20)28(21)16-23/h3-12,15-17,26,35-36H,13-14H2,1-2H3/t26-/m1/s1. The van der Waals surface area contributed by atoms with Crippen molar-refractivity contribution < 1.29 is 24.5 Å². The molecule has 1 aliphatic rings. The molecule has 2 N–H and O–H groups in total. The molecule has 0 bridgehead atoms. The highest BCUT2D eigenvalue weighted by molar-refractivity contribution is 6.08. The minimum Gasteiger partial charge on any atom is -0.504 e. The lowest BCUT2D eigenvalue weighted by molar-refractivity contribution is 0.0734. The zero-order chi connectivity index (χ0) is 26.6. The van der Waals surface area contributed by atoms with Crippen molar-refractivity contribution in [2.45, 2.75) is 32.6 Å². The van der Waals surface area contributed by atoms with E-state index >= 15 is 0 Å². The van der Waals surface area contributed by atoms with Crippen LogP contribution in [-0.2, 0) is 6.42 Å². The number of aldehydes is 1. The van der Waals surface area contributed by atoms with E-state index in [-0.39, 0.29) is 23.0 Å². The number of phenolic OH excluding ortho intramolecular Hbond substituents is 2. The zero-order valence-electron chi connectivity index (χ0n) is 21.1. The van der Waals surface area contributed by atoms with Gasteiger partial charge in [0.1, 0.15) is 5.75 Å². The predicted molar refractivity (Wildman–Crippen MR) is 148 cm³/mol. The average molecular weight is 503 g/mol. The first-order valence-corrected chi connectivity index (χ1v) is 12.6. The van der Waals surface area contributed by atoms with Crippen molar-refractivity contribution >= 4 is 33.8 Å². The number of rotatable bonds is 4. The normalized spacial score (nSPS) is 14.5. The Bertz CT molecular complexity index is 1780. The third-order valence-electron chi connectivity index (χ3n) is 7.84. The largest absolute Gasteiger partial charge is 0.504 e. The van der Waals surface area contributed by atoms with Crippen LogP contribution >= 0.6 is 0 Å². The molecule has 5 aromatic rings. The van der Waals surface area contributed by atoms with Crippen LogP contribution in [0.4, 0.5) is 0 Å². The van der Waals surface area contributed by atoms with Gasteiger partial charge in [0.05, 0.1) is 11.1 Å². The van der Waals surface area contributed by atoms with Gasteiger partial charge in [0.15, 0.2) is 17.8 Å². The number of phenols is 2. The summed E-state index contributed by atoms with van der Waals surface area (Å²) in [5.41, 5.74) is 4.64. The molecular weight excluding hydrogens is 476 g/mol. The molecule has 0 unspecified atom stereocenters. The first kappa shape index (κ1) is 23.7. The van der Waals surface area contributed by atoms with Gasteiger partial charge in [-0.15, -0.1) is 0 Å². The van der Waals surface area contributed by atoms with E-state index in [2.05, 4.69) is 24.3 Å². The lowest BCUT2D eigenvalue weighted by Crippen LogP contribution is -2.11.